The van der Waals surface area contributed by atoms with Gasteiger partial charge in [0.1, 0.15) is 23.3 Å². The van der Waals surface area contributed by atoms with E-state index in [1.54, 1.807) is 20.8 Å². The van der Waals surface area contributed by atoms with Crippen LogP contribution in [0.15, 0.2) is 18.2 Å². The smallest absolute Gasteiger partial charge is 0.408 e. The Hall–Kier alpha value is -2.18. The van der Waals surface area contributed by atoms with Crippen LogP contribution in [0.1, 0.15) is 32.8 Å². The van der Waals surface area contributed by atoms with Crippen LogP contribution in [0, 0.1) is 11.6 Å². The summed E-state index contributed by atoms with van der Waals surface area (Å²) in [6.07, 6.45) is -0.774. The Kier molecular flexibility index (Phi) is 5.84. The van der Waals surface area contributed by atoms with Gasteiger partial charge in [-0.3, -0.25) is 0 Å². The van der Waals surface area contributed by atoms with Crippen LogP contribution in [0.25, 0.3) is 0 Å². The van der Waals surface area contributed by atoms with Crippen molar-refractivity contribution in [1.29, 1.82) is 0 Å². The number of carboxylic acid groups (broad SMARTS) is 1. The average molecular weight is 315 g/mol. The SMILES string of the molecule is CC(C)(C)OC(=O)N[C@@H](CCc1cc(F)cc(F)c1)C(=O)O. The Labute approximate surface area is 127 Å². The van der Waals surface area contributed by atoms with Gasteiger partial charge in [-0.05, 0) is 51.3 Å². The first kappa shape index (κ1) is 17.9. The normalized spacial score (nSPS) is 12.6. The number of hydrogen-bond donors (Lipinski definition) is 2. The van der Waals surface area contributed by atoms with E-state index in [2.05, 4.69) is 5.32 Å². The third kappa shape index (κ3) is 6.51. The van der Waals surface area contributed by atoms with E-state index in [0.717, 1.165) is 18.2 Å². The van der Waals surface area contributed by atoms with Gasteiger partial charge in [0, 0.05) is 6.07 Å². The summed E-state index contributed by atoms with van der Waals surface area (Å²) in [6.45, 7) is 4.95. The van der Waals surface area contributed by atoms with E-state index in [1.807, 2.05) is 0 Å². The summed E-state index contributed by atoms with van der Waals surface area (Å²) in [4.78, 5) is 22.7. The number of ether oxygens (including phenoxy) is 1. The van der Waals surface area contributed by atoms with Crippen LogP contribution in [-0.2, 0) is 16.0 Å². The molecule has 1 aromatic carbocycles. The van der Waals surface area contributed by atoms with Crippen molar-refractivity contribution >= 4 is 12.1 Å². The Balaban J connectivity index is 2.65. The zero-order chi connectivity index (χ0) is 16.9. The fraction of sp³-hybridized carbons (Fsp3) is 0.467. The van der Waals surface area contributed by atoms with Crippen molar-refractivity contribution in [3.8, 4) is 0 Å². The third-order valence-corrected chi connectivity index (χ3v) is 2.63. The van der Waals surface area contributed by atoms with Crippen molar-refractivity contribution in [3.63, 3.8) is 0 Å². The molecule has 122 valence electrons. The van der Waals surface area contributed by atoms with E-state index in [9.17, 15) is 18.4 Å². The second-order valence-corrected chi connectivity index (χ2v) is 5.85. The zero-order valence-corrected chi connectivity index (χ0v) is 12.7. The number of rotatable bonds is 5. The van der Waals surface area contributed by atoms with Gasteiger partial charge >= 0.3 is 12.1 Å². The number of benzene rings is 1. The number of carboxylic acids is 1. The highest BCUT2D eigenvalue weighted by Gasteiger charge is 2.23. The number of aryl methyl sites for hydroxylation is 1. The lowest BCUT2D eigenvalue weighted by Crippen LogP contribution is -2.43. The van der Waals surface area contributed by atoms with Crippen LogP contribution in [0.4, 0.5) is 13.6 Å². The summed E-state index contributed by atoms with van der Waals surface area (Å²) in [6, 6.07) is 1.77. The summed E-state index contributed by atoms with van der Waals surface area (Å²) in [7, 11) is 0. The monoisotopic (exact) mass is 315 g/mol. The quantitative estimate of drug-likeness (QED) is 0.876. The number of halogens is 2. The standard InChI is InChI=1S/C15H19F2NO4/c1-15(2,3)22-14(21)18-12(13(19)20)5-4-9-6-10(16)8-11(17)7-9/h6-8,12H,4-5H2,1-3H3,(H,18,21)(H,19,20)/t12-/m0/s1. The number of carbonyl (C=O) groups is 2. The maximum atomic E-state index is 13.1. The Bertz CT molecular complexity index is 535. The van der Waals surface area contributed by atoms with E-state index in [4.69, 9.17) is 9.84 Å². The van der Waals surface area contributed by atoms with E-state index in [0.29, 0.717) is 5.56 Å². The number of carbonyl (C=O) groups excluding carboxylic acids is 1. The highest BCUT2D eigenvalue weighted by atomic mass is 19.1. The fourth-order valence-corrected chi connectivity index (χ4v) is 1.77. The summed E-state index contributed by atoms with van der Waals surface area (Å²) in [5.41, 5.74) is -0.437. The summed E-state index contributed by atoms with van der Waals surface area (Å²) >= 11 is 0. The molecule has 0 saturated heterocycles. The number of nitrogens with one attached hydrogen (secondary N) is 1. The molecule has 1 rings (SSSR count). The molecule has 7 heteroatoms. The lowest BCUT2D eigenvalue weighted by Gasteiger charge is -2.22. The molecule has 0 aromatic heterocycles. The predicted molar refractivity (Wildman–Crippen MR) is 75.5 cm³/mol. The van der Waals surface area contributed by atoms with Gasteiger partial charge in [0.15, 0.2) is 0 Å². The third-order valence-electron chi connectivity index (χ3n) is 2.63. The second-order valence-electron chi connectivity index (χ2n) is 5.85. The molecule has 22 heavy (non-hydrogen) atoms. The minimum absolute atomic E-state index is 0.0164. The molecule has 0 radical (unpaired) electrons. The largest absolute Gasteiger partial charge is 0.480 e. The van der Waals surface area contributed by atoms with Crippen molar-refractivity contribution in [2.75, 3.05) is 0 Å². The van der Waals surface area contributed by atoms with E-state index in [1.165, 1.54) is 0 Å². The van der Waals surface area contributed by atoms with Crippen LogP contribution in [0.5, 0.6) is 0 Å². The van der Waals surface area contributed by atoms with Crippen LogP contribution >= 0.6 is 0 Å². The number of amides is 1. The topological polar surface area (TPSA) is 75.6 Å². The molecule has 0 bridgehead atoms. The van der Waals surface area contributed by atoms with Crippen molar-refractivity contribution in [3.05, 3.63) is 35.4 Å². The molecule has 0 aliphatic rings. The highest BCUT2D eigenvalue weighted by molar-refractivity contribution is 5.80. The minimum atomic E-state index is -1.25. The molecule has 1 aromatic rings. The van der Waals surface area contributed by atoms with Gasteiger partial charge in [-0.1, -0.05) is 0 Å². The van der Waals surface area contributed by atoms with Gasteiger partial charge in [-0.15, -0.1) is 0 Å². The average Bonchev–Trinajstić information content (AvgIpc) is 2.30. The molecule has 0 heterocycles. The van der Waals surface area contributed by atoms with Crippen LogP contribution < -0.4 is 5.32 Å². The molecular weight excluding hydrogens is 296 g/mol. The molecule has 1 amide bonds. The Morgan fingerprint density at radius 1 is 1.23 bits per heavy atom. The molecule has 0 saturated carbocycles. The van der Waals surface area contributed by atoms with Crippen molar-refractivity contribution in [2.45, 2.75) is 45.3 Å². The van der Waals surface area contributed by atoms with E-state index in [-0.39, 0.29) is 12.8 Å². The van der Waals surface area contributed by atoms with E-state index >= 15 is 0 Å². The van der Waals surface area contributed by atoms with Crippen LogP contribution in [0.3, 0.4) is 0 Å². The molecule has 0 spiro atoms. The molecule has 5 nitrogen and oxygen atoms in total. The molecule has 0 fully saturated rings. The molecule has 0 aliphatic heterocycles. The van der Waals surface area contributed by atoms with E-state index < -0.39 is 35.3 Å². The Morgan fingerprint density at radius 2 is 1.77 bits per heavy atom. The minimum Gasteiger partial charge on any atom is -0.480 e. The maximum absolute atomic E-state index is 13.1. The molecule has 0 unspecified atom stereocenters. The van der Waals surface area contributed by atoms with Gasteiger partial charge in [0.25, 0.3) is 0 Å². The summed E-state index contributed by atoms with van der Waals surface area (Å²) in [5.74, 6) is -2.72. The second kappa shape index (κ2) is 7.20. The van der Waals surface area contributed by atoms with Gasteiger partial charge in [0.2, 0.25) is 0 Å². The van der Waals surface area contributed by atoms with Gasteiger partial charge in [-0.2, -0.15) is 0 Å². The van der Waals surface area contributed by atoms with Crippen LogP contribution in [-0.4, -0.2) is 28.8 Å². The number of hydrogen-bond acceptors (Lipinski definition) is 3. The van der Waals surface area contributed by atoms with Crippen molar-refractivity contribution < 1.29 is 28.2 Å². The van der Waals surface area contributed by atoms with Crippen LogP contribution in [0.2, 0.25) is 0 Å². The van der Waals surface area contributed by atoms with Crippen molar-refractivity contribution in [2.24, 2.45) is 0 Å². The first-order valence-corrected chi connectivity index (χ1v) is 6.74. The first-order valence-electron chi connectivity index (χ1n) is 6.74. The fourth-order valence-electron chi connectivity index (χ4n) is 1.77. The van der Waals surface area contributed by atoms with Gasteiger partial charge in [-0.25, -0.2) is 18.4 Å². The van der Waals surface area contributed by atoms with Gasteiger partial charge in [0.05, 0.1) is 0 Å². The molecule has 1 atom stereocenters. The lowest BCUT2D eigenvalue weighted by molar-refractivity contribution is -0.139. The zero-order valence-electron chi connectivity index (χ0n) is 12.7. The Morgan fingerprint density at radius 3 is 2.23 bits per heavy atom. The summed E-state index contributed by atoms with van der Waals surface area (Å²) in [5, 5.41) is 11.3. The molecule has 2 N–H and O–H groups in total. The van der Waals surface area contributed by atoms with Crippen molar-refractivity contribution in [1.82, 2.24) is 5.32 Å². The lowest BCUT2D eigenvalue weighted by atomic mass is 10.0. The summed E-state index contributed by atoms with van der Waals surface area (Å²) < 4.78 is 31.1. The predicted octanol–water partition coefficient (Wildman–Crippen LogP) is 2.88. The maximum Gasteiger partial charge on any atom is 0.408 e. The molecule has 0 aliphatic carbocycles. The van der Waals surface area contributed by atoms with Gasteiger partial charge < -0.3 is 15.2 Å². The molecular formula is C15H19F2NO4. The number of aliphatic carboxylic acids is 1. The first-order chi connectivity index (χ1) is 10.1. The highest BCUT2D eigenvalue weighted by Crippen LogP contribution is 2.12. The number of alkyl carbamates (subject to hydrolysis) is 1.